The Hall–Kier alpha value is -1.84. The Kier molecular flexibility index (Phi) is 5.58. The van der Waals surface area contributed by atoms with Crippen molar-refractivity contribution < 1.29 is 14.7 Å². The van der Waals surface area contributed by atoms with Crippen molar-refractivity contribution in [3.05, 3.63) is 35.9 Å². The third-order valence-electron chi connectivity index (χ3n) is 4.73. The molecule has 4 nitrogen and oxygen atoms in total. The molecule has 2 N–H and O–H groups in total. The van der Waals surface area contributed by atoms with Crippen molar-refractivity contribution >= 4 is 11.9 Å². The van der Waals surface area contributed by atoms with Gasteiger partial charge in [0.15, 0.2) is 0 Å². The van der Waals surface area contributed by atoms with Crippen molar-refractivity contribution in [2.24, 2.45) is 5.92 Å². The lowest BCUT2D eigenvalue weighted by Gasteiger charge is -2.26. The average Bonchev–Trinajstić information content (AvgIpc) is 2.82. The highest BCUT2D eigenvalue weighted by molar-refractivity contribution is 5.84. The van der Waals surface area contributed by atoms with Crippen LogP contribution in [0.2, 0.25) is 0 Å². The van der Waals surface area contributed by atoms with E-state index in [1.54, 1.807) is 19.1 Å². The summed E-state index contributed by atoms with van der Waals surface area (Å²) in [7, 11) is 0. The molecule has 1 fully saturated rings. The van der Waals surface area contributed by atoms with E-state index in [-0.39, 0.29) is 18.4 Å². The van der Waals surface area contributed by atoms with Crippen molar-refractivity contribution in [1.82, 2.24) is 5.32 Å². The smallest absolute Gasteiger partial charge is 0.315 e. The minimum atomic E-state index is -1.10. The van der Waals surface area contributed by atoms with E-state index in [4.69, 9.17) is 0 Å². The van der Waals surface area contributed by atoms with E-state index >= 15 is 0 Å². The first-order valence-electron chi connectivity index (χ1n) is 8.10. The Labute approximate surface area is 131 Å². The number of hydrogen-bond acceptors (Lipinski definition) is 2. The number of benzene rings is 1. The number of rotatable bonds is 5. The van der Waals surface area contributed by atoms with Gasteiger partial charge in [0.2, 0.25) is 5.91 Å². The van der Waals surface area contributed by atoms with Gasteiger partial charge in [0.25, 0.3) is 0 Å². The van der Waals surface area contributed by atoms with Gasteiger partial charge in [0.05, 0.1) is 0 Å². The monoisotopic (exact) mass is 303 g/mol. The second-order valence-electron chi connectivity index (χ2n) is 6.41. The quantitative estimate of drug-likeness (QED) is 0.821. The molecule has 22 heavy (non-hydrogen) atoms. The summed E-state index contributed by atoms with van der Waals surface area (Å²) in [6.07, 6.45) is 6.41. The molecular formula is C18H25NO3. The zero-order valence-electron chi connectivity index (χ0n) is 13.2. The molecule has 1 aliphatic rings. The van der Waals surface area contributed by atoms with Gasteiger partial charge in [0.1, 0.15) is 5.41 Å². The first-order chi connectivity index (χ1) is 10.5. The standard InChI is InChI=1S/C18H25NO3/c1-18(17(21)22,15-11-7-4-8-12-15)13-19-16(20)14-9-5-2-3-6-10-14/h4,7-8,11-12,14H,2-3,5-6,9-10,13H2,1H3,(H,19,20)(H,21,22). The first kappa shape index (κ1) is 16.5. The van der Waals surface area contributed by atoms with Crippen LogP contribution in [0, 0.1) is 5.92 Å². The molecule has 0 bridgehead atoms. The fourth-order valence-corrected chi connectivity index (χ4v) is 3.06. The van der Waals surface area contributed by atoms with Gasteiger partial charge in [-0.3, -0.25) is 9.59 Å². The lowest BCUT2D eigenvalue weighted by molar-refractivity contribution is -0.143. The minimum absolute atomic E-state index is 0.00491. The van der Waals surface area contributed by atoms with Gasteiger partial charge in [-0.05, 0) is 25.3 Å². The van der Waals surface area contributed by atoms with Crippen LogP contribution in [0.25, 0.3) is 0 Å². The fraction of sp³-hybridized carbons (Fsp3) is 0.556. The summed E-state index contributed by atoms with van der Waals surface area (Å²) >= 11 is 0. The topological polar surface area (TPSA) is 66.4 Å². The molecule has 2 rings (SSSR count). The maximum absolute atomic E-state index is 12.3. The van der Waals surface area contributed by atoms with E-state index < -0.39 is 11.4 Å². The summed E-state index contributed by atoms with van der Waals surface area (Å²) in [6.45, 7) is 1.79. The Bertz CT molecular complexity index is 506. The van der Waals surface area contributed by atoms with Crippen molar-refractivity contribution in [2.45, 2.75) is 50.9 Å². The van der Waals surface area contributed by atoms with Crippen LogP contribution >= 0.6 is 0 Å². The predicted molar refractivity (Wildman–Crippen MR) is 85.6 cm³/mol. The molecule has 0 saturated heterocycles. The molecule has 0 radical (unpaired) electrons. The summed E-state index contributed by atoms with van der Waals surface area (Å²) in [5.74, 6) is -0.874. The third-order valence-corrected chi connectivity index (χ3v) is 4.73. The Morgan fingerprint density at radius 3 is 2.27 bits per heavy atom. The molecule has 0 aliphatic heterocycles. The number of carbonyl (C=O) groups excluding carboxylic acids is 1. The number of nitrogens with one attached hydrogen (secondary N) is 1. The van der Waals surface area contributed by atoms with Crippen LogP contribution < -0.4 is 5.32 Å². The lowest BCUT2D eigenvalue weighted by atomic mass is 9.82. The summed E-state index contributed by atoms with van der Waals surface area (Å²) < 4.78 is 0. The summed E-state index contributed by atoms with van der Waals surface area (Å²) in [4.78, 5) is 24.1. The van der Waals surface area contributed by atoms with Crippen LogP contribution in [-0.2, 0) is 15.0 Å². The van der Waals surface area contributed by atoms with Gasteiger partial charge < -0.3 is 10.4 Å². The molecule has 0 spiro atoms. The highest BCUT2D eigenvalue weighted by atomic mass is 16.4. The lowest BCUT2D eigenvalue weighted by Crippen LogP contribution is -2.45. The number of hydrogen-bond donors (Lipinski definition) is 2. The number of aliphatic carboxylic acids is 1. The SMILES string of the molecule is CC(CNC(=O)C1CCCCCC1)(C(=O)O)c1ccccc1. The van der Waals surface area contributed by atoms with Crippen molar-refractivity contribution in [2.75, 3.05) is 6.54 Å². The zero-order chi connectivity index (χ0) is 16.0. The third kappa shape index (κ3) is 3.87. The largest absolute Gasteiger partial charge is 0.481 e. The highest BCUT2D eigenvalue weighted by Gasteiger charge is 2.36. The molecule has 1 amide bonds. The molecule has 0 heterocycles. The van der Waals surface area contributed by atoms with Crippen LogP contribution in [0.1, 0.15) is 51.0 Å². The fourth-order valence-electron chi connectivity index (χ4n) is 3.06. The number of amides is 1. The molecule has 1 atom stereocenters. The van der Waals surface area contributed by atoms with Gasteiger partial charge in [-0.2, -0.15) is 0 Å². The number of carbonyl (C=O) groups is 2. The van der Waals surface area contributed by atoms with Gasteiger partial charge >= 0.3 is 5.97 Å². The predicted octanol–water partition coefficient (Wildman–Crippen LogP) is 3.12. The average molecular weight is 303 g/mol. The van der Waals surface area contributed by atoms with Gasteiger partial charge in [-0.25, -0.2) is 0 Å². The van der Waals surface area contributed by atoms with Crippen LogP contribution in [-0.4, -0.2) is 23.5 Å². The van der Waals surface area contributed by atoms with Crippen molar-refractivity contribution in [3.63, 3.8) is 0 Å². The van der Waals surface area contributed by atoms with Crippen LogP contribution in [0.3, 0.4) is 0 Å². The van der Waals surface area contributed by atoms with E-state index in [1.165, 1.54) is 12.8 Å². The number of carboxylic acid groups (broad SMARTS) is 1. The number of carboxylic acids is 1. The van der Waals surface area contributed by atoms with Crippen LogP contribution in [0.4, 0.5) is 0 Å². The van der Waals surface area contributed by atoms with Gasteiger partial charge in [0, 0.05) is 12.5 Å². The van der Waals surface area contributed by atoms with Gasteiger partial charge in [-0.1, -0.05) is 56.0 Å². The molecular weight excluding hydrogens is 278 g/mol. The Morgan fingerprint density at radius 1 is 1.14 bits per heavy atom. The molecule has 1 aliphatic carbocycles. The Morgan fingerprint density at radius 2 is 1.73 bits per heavy atom. The zero-order valence-corrected chi connectivity index (χ0v) is 13.2. The molecule has 1 aromatic rings. The van der Waals surface area contributed by atoms with Crippen molar-refractivity contribution in [3.8, 4) is 0 Å². The summed E-state index contributed by atoms with van der Waals surface area (Å²) in [6, 6.07) is 9.10. The highest BCUT2D eigenvalue weighted by Crippen LogP contribution is 2.25. The van der Waals surface area contributed by atoms with E-state index in [0.717, 1.165) is 25.7 Å². The second-order valence-corrected chi connectivity index (χ2v) is 6.41. The normalized spacial score (nSPS) is 19.0. The van der Waals surface area contributed by atoms with Crippen LogP contribution in [0.15, 0.2) is 30.3 Å². The van der Waals surface area contributed by atoms with Crippen LogP contribution in [0.5, 0.6) is 0 Å². The molecule has 1 unspecified atom stereocenters. The second kappa shape index (κ2) is 7.43. The molecule has 1 aromatic carbocycles. The maximum Gasteiger partial charge on any atom is 0.315 e. The van der Waals surface area contributed by atoms with E-state index in [2.05, 4.69) is 5.32 Å². The van der Waals surface area contributed by atoms with E-state index in [9.17, 15) is 14.7 Å². The Balaban J connectivity index is 2.03. The van der Waals surface area contributed by atoms with Gasteiger partial charge in [-0.15, -0.1) is 0 Å². The first-order valence-corrected chi connectivity index (χ1v) is 8.10. The van der Waals surface area contributed by atoms with Crippen molar-refractivity contribution in [1.29, 1.82) is 0 Å². The van der Waals surface area contributed by atoms with E-state index in [0.29, 0.717) is 5.56 Å². The summed E-state index contributed by atoms with van der Waals surface area (Å²) in [5, 5.41) is 12.5. The summed E-state index contributed by atoms with van der Waals surface area (Å²) in [5.41, 5.74) is -0.384. The molecule has 1 saturated carbocycles. The maximum atomic E-state index is 12.3. The molecule has 0 aromatic heterocycles. The molecule has 4 heteroatoms. The minimum Gasteiger partial charge on any atom is -0.481 e. The van der Waals surface area contributed by atoms with E-state index in [1.807, 2.05) is 18.2 Å². The molecule has 120 valence electrons.